The fourth-order valence-corrected chi connectivity index (χ4v) is 5.72. The van der Waals surface area contributed by atoms with Gasteiger partial charge in [0.2, 0.25) is 15.9 Å². The molecule has 0 aliphatic carbocycles. The maximum absolute atomic E-state index is 13.1. The molecule has 2 atom stereocenters. The lowest BCUT2D eigenvalue weighted by Crippen LogP contribution is -2.50. The average molecular weight is 522 g/mol. The number of nitrogens with one attached hydrogen (secondary N) is 2. The van der Waals surface area contributed by atoms with Crippen molar-refractivity contribution in [3.05, 3.63) is 52.9 Å². The van der Waals surface area contributed by atoms with Gasteiger partial charge in [-0.15, -0.1) is 11.3 Å². The van der Waals surface area contributed by atoms with Crippen LogP contribution in [0.15, 0.2) is 46.0 Å². The van der Waals surface area contributed by atoms with Crippen molar-refractivity contribution in [2.75, 3.05) is 6.54 Å². The molecule has 1 aromatic heterocycles. The van der Waals surface area contributed by atoms with Crippen LogP contribution in [0.4, 0.5) is 0 Å². The highest BCUT2D eigenvalue weighted by molar-refractivity contribution is 7.91. The number of rotatable bonds is 15. The highest BCUT2D eigenvalue weighted by Gasteiger charge is 2.31. The van der Waals surface area contributed by atoms with Crippen LogP contribution in [0.25, 0.3) is 0 Å². The molecule has 0 radical (unpaired) electrons. The molecular weight excluding hydrogens is 487 g/mol. The van der Waals surface area contributed by atoms with Gasteiger partial charge in [0.25, 0.3) is 0 Å². The predicted molar refractivity (Wildman–Crippen MR) is 139 cm³/mol. The van der Waals surface area contributed by atoms with Crippen molar-refractivity contribution >= 4 is 40.2 Å². The Bertz CT molecular complexity index is 1040. The number of carbonyl (C=O) groups excluding carboxylic acids is 2. The van der Waals surface area contributed by atoms with E-state index in [1.54, 1.807) is 23.6 Å². The summed E-state index contributed by atoms with van der Waals surface area (Å²) in [5.41, 5.74) is 1.56. The van der Waals surface area contributed by atoms with Crippen molar-refractivity contribution in [3.8, 4) is 0 Å². The van der Waals surface area contributed by atoms with Crippen LogP contribution in [0, 0.1) is 11.8 Å². The molecule has 0 bridgehead atoms. The molecule has 0 saturated heterocycles. The molecule has 1 heterocycles. The molecule has 0 fully saturated rings. The van der Waals surface area contributed by atoms with Gasteiger partial charge in [-0.2, -0.15) is 0 Å². The van der Waals surface area contributed by atoms with Crippen molar-refractivity contribution < 1.29 is 28.1 Å². The van der Waals surface area contributed by atoms with Crippen LogP contribution in [0.5, 0.6) is 0 Å². The normalized spacial score (nSPS) is 13.4. The van der Waals surface area contributed by atoms with Crippen molar-refractivity contribution in [2.45, 2.75) is 63.0 Å². The first-order valence-electron chi connectivity index (χ1n) is 11.8. The molecule has 192 valence electrons. The number of hydrogen-bond donors (Lipinski definition) is 4. The van der Waals surface area contributed by atoms with Gasteiger partial charge in [-0.3, -0.25) is 9.59 Å². The van der Waals surface area contributed by atoms with Gasteiger partial charge >= 0.3 is 7.12 Å². The summed E-state index contributed by atoms with van der Waals surface area (Å²) in [6, 6.07) is 10.3. The minimum Gasteiger partial charge on any atom is -0.426 e. The zero-order chi connectivity index (χ0) is 26.0. The molecule has 2 aromatic rings. The number of ketones is 1. The first-order chi connectivity index (χ1) is 16.5. The molecule has 1 aromatic carbocycles. The van der Waals surface area contributed by atoms with Gasteiger partial charge in [0.15, 0.2) is 5.78 Å². The van der Waals surface area contributed by atoms with Gasteiger partial charge in [-0.25, -0.2) is 13.1 Å². The number of amides is 1. The Hall–Kier alpha value is -2.05. The lowest BCUT2D eigenvalue weighted by Gasteiger charge is -2.23. The Morgan fingerprint density at radius 2 is 1.80 bits per heavy atom. The molecule has 11 heteroatoms. The van der Waals surface area contributed by atoms with Gasteiger partial charge in [-0.1, -0.05) is 57.5 Å². The summed E-state index contributed by atoms with van der Waals surface area (Å²) in [5.74, 6) is -2.82. The zero-order valence-electron chi connectivity index (χ0n) is 20.4. The first kappa shape index (κ1) is 29.2. The summed E-state index contributed by atoms with van der Waals surface area (Å²) in [7, 11) is -5.63. The molecule has 0 aliphatic rings. The smallest absolute Gasteiger partial charge is 0.426 e. The number of aryl methyl sites for hydroxylation is 1. The number of Topliss-reactive ketones (excluding diaryl/α,β-unsaturated/α-hetero) is 1. The number of benzene rings is 1. The molecule has 8 nitrogen and oxygen atoms in total. The third-order valence-corrected chi connectivity index (χ3v) is 8.41. The van der Waals surface area contributed by atoms with E-state index in [0.717, 1.165) is 36.2 Å². The van der Waals surface area contributed by atoms with Gasteiger partial charge in [0.1, 0.15) is 4.21 Å². The van der Waals surface area contributed by atoms with Gasteiger partial charge in [0, 0.05) is 18.5 Å². The lowest BCUT2D eigenvalue weighted by molar-refractivity contribution is -0.125. The second-order valence-electron chi connectivity index (χ2n) is 9.07. The molecule has 0 saturated carbocycles. The van der Waals surface area contributed by atoms with E-state index in [9.17, 15) is 28.1 Å². The molecule has 0 aliphatic heterocycles. The number of thiophene rings is 1. The topological polar surface area (TPSA) is 133 Å². The average Bonchev–Trinajstić information content (AvgIpc) is 3.36. The second-order valence-corrected chi connectivity index (χ2v) is 12.0. The monoisotopic (exact) mass is 522 g/mol. The Balaban J connectivity index is 2.18. The fourth-order valence-electron chi connectivity index (χ4n) is 3.60. The maximum Gasteiger partial charge on any atom is 0.475 e. The molecular formula is C24H35BN2O6S2. The van der Waals surface area contributed by atoms with E-state index in [4.69, 9.17) is 0 Å². The largest absolute Gasteiger partial charge is 0.475 e. The summed E-state index contributed by atoms with van der Waals surface area (Å²) >= 11 is 1.04. The number of unbranched alkanes of at least 4 members (excludes halogenated alkanes) is 1. The quantitative estimate of drug-likeness (QED) is 0.210. The highest BCUT2D eigenvalue weighted by Crippen LogP contribution is 2.18. The molecule has 4 N–H and O–H groups in total. The van der Waals surface area contributed by atoms with Gasteiger partial charge in [0.05, 0.1) is 11.9 Å². The zero-order valence-corrected chi connectivity index (χ0v) is 22.1. The highest BCUT2D eigenvalue weighted by atomic mass is 32.2. The van der Waals surface area contributed by atoms with E-state index in [1.165, 1.54) is 6.07 Å². The Labute approximate surface area is 212 Å². The fraction of sp³-hybridized carbons (Fsp3) is 0.500. The summed E-state index contributed by atoms with van der Waals surface area (Å²) < 4.78 is 27.7. The van der Waals surface area contributed by atoms with Crippen LogP contribution < -0.4 is 10.0 Å². The number of hydrogen-bond acceptors (Lipinski definition) is 7. The van der Waals surface area contributed by atoms with Crippen LogP contribution in [-0.4, -0.2) is 49.8 Å². The first-order valence-corrected chi connectivity index (χ1v) is 14.2. The minimum atomic E-state index is -3.85. The van der Waals surface area contributed by atoms with E-state index in [1.807, 2.05) is 26.0 Å². The molecule has 1 amide bonds. The van der Waals surface area contributed by atoms with Crippen LogP contribution >= 0.6 is 11.3 Å². The van der Waals surface area contributed by atoms with Gasteiger partial charge < -0.3 is 15.4 Å². The van der Waals surface area contributed by atoms with Gasteiger partial charge in [-0.05, 0) is 42.2 Å². The summed E-state index contributed by atoms with van der Waals surface area (Å²) in [5, 5.41) is 23.6. The van der Waals surface area contributed by atoms with E-state index < -0.39 is 34.9 Å². The van der Waals surface area contributed by atoms with Crippen LogP contribution in [0.2, 0.25) is 0 Å². The minimum absolute atomic E-state index is 0.0748. The van der Waals surface area contributed by atoms with Crippen molar-refractivity contribution in [2.24, 2.45) is 11.8 Å². The molecule has 35 heavy (non-hydrogen) atoms. The predicted octanol–water partition coefficient (Wildman–Crippen LogP) is 2.80. The summed E-state index contributed by atoms with van der Waals surface area (Å²) in [6.45, 7) is 5.56. The van der Waals surface area contributed by atoms with Crippen LogP contribution in [0.3, 0.4) is 0 Å². The molecule has 0 unspecified atom stereocenters. The standard InChI is InChI=1S/C24H35BN2O6S2/c1-4-5-7-18-9-11-19(12-10-18)21(28)15-20(16-26-35(32,33)23-8-6-13-34-23)24(29)27-22(25(30)31)14-17(2)3/h6,8-13,17,20,22,26,30-31H,4-5,7,14-16H2,1-3H3,(H,27,29)/t20-,22-/m0/s1. The second kappa shape index (κ2) is 13.9. The van der Waals surface area contributed by atoms with E-state index in [-0.39, 0.29) is 28.9 Å². The van der Waals surface area contributed by atoms with E-state index in [0.29, 0.717) is 12.0 Å². The van der Waals surface area contributed by atoms with Crippen LogP contribution in [0.1, 0.15) is 62.4 Å². The Morgan fingerprint density at radius 1 is 1.11 bits per heavy atom. The van der Waals surface area contributed by atoms with Crippen molar-refractivity contribution in [1.29, 1.82) is 0 Å². The van der Waals surface area contributed by atoms with E-state index in [2.05, 4.69) is 17.0 Å². The Morgan fingerprint density at radius 3 is 2.34 bits per heavy atom. The molecule has 2 rings (SSSR count). The number of carbonyl (C=O) groups is 2. The maximum atomic E-state index is 13.1. The lowest BCUT2D eigenvalue weighted by atomic mass is 9.74. The number of sulfonamides is 1. The third-order valence-electron chi connectivity index (χ3n) is 5.59. The van der Waals surface area contributed by atoms with Crippen molar-refractivity contribution in [3.63, 3.8) is 0 Å². The Kier molecular flexibility index (Phi) is 11.6. The summed E-state index contributed by atoms with van der Waals surface area (Å²) in [6.07, 6.45) is 3.11. The van der Waals surface area contributed by atoms with E-state index >= 15 is 0 Å². The molecule has 0 spiro atoms. The van der Waals surface area contributed by atoms with Crippen molar-refractivity contribution in [1.82, 2.24) is 10.0 Å². The van der Waals surface area contributed by atoms with Crippen LogP contribution in [-0.2, 0) is 21.2 Å². The SMILES string of the molecule is CCCCc1ccc(C(=O)C[C@@H](CNS(=O)(=O)c2cccs2)C(=O)N[C@@H](CC(C)C)B(O)O)cc1. The summed E-state index contributed by atoms with van der Waals surface area (Å²) in [4.78, 5) is 26.0. The third kappa shape index (κ3) is 9.49.